The minimum Gasteiger partial charge on any atom is -0.363 e. The summed E-state index contributed by atoms with van der Waals surface area (Å²) >= 11 is 0. The van der Waals surface area contributed by atoms with Crippen molar-refractivity contribution in [2.24, 2.45) is 0 Å². The topological polar surface area (TPSA) is 85.9 Å². The van der Waals surface area contributed by atoms with Gasteiger partial charge in [-0.05, 0) is 48.0 Å². The van der Waals surface area contributed by atoms with E-state index in [0.29, 0.717) is 34.7 Å². The highest BCUT2D eigenvalue weighted by molar-refractivity contribution is 5.86. The lowest BCUT2D eigenvalue weighted by atomic mass is 9.99. The van der Waals surface area contributed by atoms with E-state index >= 15 is 0 Å². The molecule has 0 aliphatic heterocycles. The molecule has 2 aromatic heterocycles. The molecule has 10 heteroatoms. The van der Waals surface area contributed by atoms with Crippen molar-refractivity contribution in [2.75, 3.05) is 29.6 Å². The molecule has 3 N–H and O–H groups in total. The molecule has 164 valence electrons. The lowest BCUT2D eigenvalue weighted by Crippen LogP contribution is -2.10. The van der Waals surface area contributed by atoms with E-state index in [-0.39, 0.29) is 17.0 Å². The van der Waals surface area contributed by atoms with E-state index in [0.717, 1.165) is 6.07 Å². The second kappa shape index (κ2) is 8.22. The third-order valence-corrected chi connectivity index (χ3v) is 4.79. The fourth-order valence-corrected chi connectivity index (χ4v) is 3.29. The fourth-order valence-electron chi connectivity index (χ4n) is 3.29. The van der Waals surface area contributed by atoms with Crippen molar-refractivity contribution in [3.8, 4) is 11.1 Å². The second-order valence-corrected chi connectivity index (χ2v) is 7.27. The molecule has 0 unspecified atom stereocenters. The number of rotatable bonds is 6. The van der Waals surface area contributed by atoms with Gasteiger partial charge in [0, 0.05) is 37.2 Å². The van der Waals surface area contributed by atoms with E-state index in [1.54, 1.807) is 55.4 Å². The average Bonchev–Trinajstić information content (AvgIpc) is 3.14. The number of aromatic amines is 1. The monoisotopic (exact) mass is 440 g/mol. The number of hydrogen-bond donors (Lipinski definition) is 3. The van der Waals surface area contributed by atoms with Crippen LogP contribution in [0.1, 0.15) is 5.56 Å². The highest BCUT2D eigenvalue weighted by Gasteiger charge is 2.34. The minimum absolute atomic E-state index is 0.00182. The van der Waals surface area contributed by atoms with Crippen molar-refractivity contribution in [1.29, 1.82) is 0 Å². The molecule has 0 atom stereocenters. The van der Waals surface area contributed by atoms with Crippen LogP contribution in [0.2, 0.25) is 0 Å². The Morgan fingerprint density at radius 3 is 2.50 bits per heavy atom. The lowest BCUT2D eigenvalue weighted by Gasteiger charge is -2.15. The third kappa shape index (κ3) is 4.34. The first-order chi connectivity index (χ1) is 15.2. The van der Waals surface area contributed by atoms with Crippen molar-refractivity contribution in [3.63, 3.8) is 0 Å². The molecular weight excluding hydrogens is 421 g/mol. The summed E-state index contributed by atoms with van der Waals surface area (Å²) in [5.74, 6) is 0.913. The molecule has 0 aliphatic carbocycles. The van der Waals surface area contributed by atoms with Gasteiger partial charge < -0.3 is 20.5 Å². The largest absolute Gasteiger partial charge is 0.417 e. The number of amides is 1. The zero-order valence-corrected chi connectivity index (χ0v) is 17.2. The number of H-pyrrole nitrogens is 1. The van der Waals surface area contributed by atoms with Crippen molar-refractivity contribution < 1.29 is 18.0 Å². The molecule has 4 rings (SSSR count). The Kier molecular flexibility index (Phi) is 5.43. The Balaban J connectivity index is 1.75. The van der Waals surface area contributed by atoms with Gasteiger partial charge in [-0.25, -0.2) is 9.97 Å². The molecule has 32 heavy (non-hydrogen) atoms. The van der Waals surface area contributed by atoms with E-state index in [2.05, 4.69) is 25.6 Å². The van der Waals surface area contributed by atoms with Crippen LogP contribution >= 0.6 is 0 Å². The quantitative estimate of drug-likeness (QED) is 0.367. The van der Waals surface area contributed by atoms with Crippen molar-refractivity contribution in [1.82, 2.24) is 15.0 Å². The van der Waals surface area contributed by atoms with Gasteiger partial charge in [0.05, 0.1) is 16.6 Å². The number of imidazole rings is 1. The predicted molar refractivity (Wildman–Crippen MR) is 118 cm³/mol. The van der Waals surface area contributed by atoms with Crippen molar-refractivity contribution in [3.05, 3.63) is 60.3 Å². The lowest BCUT2D eigenvalue weighted by molar-refractivity contribution is -0.137. The highest BCUT2D eigenvalue weighted by Crippen LogP contribution is 2.39. The number of fused-ring (bicyclic) bond motifs is 1. The van der Waals surface area contributed by atoms with Crippen LogP contribution in [0.5, 0.6) is 0 Å². The van der Waals surface area contributed by atoms with Gasteiger partial charge in [-0.2, -0.15) is 13.2 Å². The molecule has 7 nitrogen and oxygen atoms in total. The zero-order chi connectivity index (χ0) is 22.9. The summed E-state index contributed by atoms with van der Waals surface area (Å²) in [7, 11) is 3.61. The van der Waals surface area contributed by atoms with Crippen molar-refractivity contribution >= 4 is 40.6 Å². The number of aromatic nitrogens is 3. The second-order valence-electron chi connectivity index (χ2n) is 7.27. The van der Waals surface area contributed by atoms with Crippen LogP contribution in [-0.4, -0.2) is 35.5 Å². The maximum Gasteiger partial charge on any atom is 0.417 e. The van der Waals surface area contributed by atoms with Crippen LogP contribution < -0.4 is 15.5 Å². The summed E-state index contributed by atoms with van der Waals surface area (Å²) in [5, 5.41) is 5.54. The molecule has 4 aromatic rings. The first-order valence-electron chi connectivity index (χ1n) is 9.56. The number of anilines is 4. The third-order valence-electron chi connectivity index (χ3n) is 4.79. The van der Waals surface area contributed by atoms with Gasteiger partial charge in [0.25, 0.3) is 0 Å². The van der Waals surface area contributed by atoms with Crippen molar-refractivity contribution in [2.45, 2.75) is 6.18 Å². The van der Waals surface area contributed by atoms with E-state index in [4.69, 9.17) is 0 Å². The van der Waals surface area contributed by atoms with Gasteiger partial charge in [-0.3, -0.25) is 4.79 Å². The Labute approximate surface area is 181 Å². The van der Waals surface area contributed by atoms with E-state index < -0.39 is 11.7 Å². The summed E-state index contributed by atoms with van der Waals surface area (Å²) in [6.45, 7) is 0. The molecule has 2 heterocycles. The summed E-state index contributed by atoms with van der Waals surface area (Å²) < 4.78 is 41.5. The van der Waals surface area contributed by atoms with Gasteiger partial charge in [0.15, 0.2) is 0 Å². The maximum atomic E-state index is 13.8. The molecule has 0 saturated carbocycles. The van der Waals surface area contributed by atoms with E-state index in [1.807, 2.05) is 0 Å². The Hall–Kier alpha value is -4.08. The molecule has 0 bridgehead atoms. The average molecular weight is 440 g/mol. The van der Waals surface area contributed by atoms with E-state index in [9.17, 15) is 18.0 Å². The zero-order valence-electron chi connectivity index (χ0n) is 17.2. The number of hydrogen-bond acceptors (Lipinski definition) is 5. The molecule has 0 aliphatic rings. The molecular formula is C22H19F3N6O. The molecule has 2 aromatic carbocycles. The number of alkyl halides is 3. The van der Waals surface area contributed by atoms with Gasteiger partial charge in [0.1, 0.15) is 5.82 Å². The SMILES string of the molecule is CN(C)c1ccc(-c2cc3nc(Nc4cccc(NC=O)c4)[nH]c3cc2C(F)(F)F)cn1. The molecule has 0 fully saturated rings. The maximum absolute atomic E-state index is 13.8. The van der Waals surface area contributed by atoms with Crippen LogP contribution in [-0.2, 0) is 11.0 Å². The molecule has 0 saturated heterocycles. The van der Waals surface area contributed by atoms with Gasteiger partial charge in [-0.15, -0.1) is 0 Å². The van der Waals surface area contributed by atoms with Gasteiger partial charge in [-0.1, -0.05) is 6.07 Å². The summed E-state index contributed by atoms with van der Waals surface area (Å²) in [4.78, 5) is 23.9. The number of carbonyl (C=O) groups excluding carboxylic acids is 1. The van der Waals surface area contributed by atoms with Crippen LogP contribution in [0.4, 0.5) is 36.3 Å². The minimum atomic E-state index is -4.56. The summed E-state index contributed by atoms with van der Waals surface area (Å²) in [6.07, 6.45) is -2.58. The molecule has 0 radical (unpaired) electrons. The Morgan fingerprint density at radius 2 is 1.84 bits per heavy atom. The highest BCUT2D eigenvalue weighted by atomic mass is 19.4. The van der Waals surface area contributed by atoms with Crippen LogP contribution in [0, 0.1) is 0 Å². The standard InChI is InChI=1S/C22H19F3N6O/c1-31(2)20-7-6-13(11-26-20)16-9-18-19(10-17(16)22(23,24)25)30-21(29-18)28-15-5-3-4-14(8-15)27-12-32/h3-12H,1-2H3,(H,27,32)(H2,28,29,30). The Morgan fingerprint density at radius 1 is 1.06 bits per heavy atom. The number of pyridine rings is 1. The number of halogens is 3. The van der Waals surface area contributed by atoms with Crippen LogP contribution in [0.25, 0.3) is 22.2 Å². The Bertz CT molecular complexity index is 1270. The number of nitrogens with zero attached hydrogens (tertiary/aromatic N) is 3. The smallest absolute Gasteiger partial charge is 0.363 e. The number of benzene rings is 2. The normalized spacial score (nSPS) is 11.4. The van der Waals surface area contributed by atoms with Gasteiger partial charge >= 0.3 is 6.18 Å². The van der Waals surface area contributed by atoms with Crippen LogP contribution in [0.15, 0.2) is 54.7 Å². The van der Waals surface area contributed by atoms with E-state index in [1.165, 1.54) is 12.3 Å². The summed E-state index contributed by atoms with van der Waals surface area (Å²) in [6, 6.07) is 12.6. The summed E-state index contributed by atoms with van der Waals surface area (Å²) in [5.41, 5.74) is 1.34. The first-order valence-corrected chi connectivity index (χ1v) is 9.56. The van der Waals surface area contributed by atoms with Gasteiger partial charge in [0.2, 0.25) is 12.4 Å². The van der Waals surface area contributed by atoms with Crippen LogP contribution in [0.3, 0.4) is 0 Å². The predicted octanol–water partition coefficient (Wildman–Crippen LogP) is 5.02. The number of nitrogens with one attached hydrogen (secondary N) is 3. The number of carbonyl (C=O) groups is 1. The molecule has 0 spiro atoms. The fraction of sp³-hybridized carbons (Fsp3) is 0.136. The molecule has 1 amide bonds. The first kappa shape index (κ1) is 21.2.